The van der Waals surface area contributed by atoms with Crippen LogP contribution in [0.25, 0.3) is 10.9 Å². The van der Waals surface area contributed by atoms with Gasteiger partial charge in [-0.15, -0.1) is 0 Å². The molecular weight excluding hydrogens is 324 g/mol. The standard InChI is InChI=1S/C18H20N2O5/c1-11(17(22)24-2)10-15(18(23)25-3)20-16(21)13-8-9-19-14-7-5-4-6-12(13)14/h4-9,11,15H,10H2,1-3H3,(H,20,21)/t11-,15-/m0/s1. The van der Waals surface area contributed by atoms with Crippen molar-refractivity contribution in [2.75, 3.05) is 14.2 Å². The average Bonchev–Trinajstić information content (AvgIpc) is 2.65. The molecule has 0 fully saturated rings. The maximum Gasteiger partial charge on any atom is 0.328 e. The normalized spacial score (nSPS) is 12.9. The van der Waals surface area contributed by atoms with E-state index in [0.717, 1.165) is 0 Å². The number of carbonyl (C=O) groups is 3. The number of pyridine rings is 1. The molecule has 0 bridgehead atoms. The lowest BCUT2D eigenvalue weighted by molar-refractivity contribution is -0.147. The number of hydrogen-bond donors (Lipinski definition) is 1. The lowest BCUT2D eigenvalue weighted by atomic mass is 10.0. The summed E-state index contributed by atoms with van der Waals surface area (Å²) in [4.78, 5) is 40.4. The third-order valence-electron chi connectivity index (χ3n) is 3.88. The van der Waals surface area contributed by atoms with Crippen LogP contribution in [0.5, 0.6) is 0 Å². The molecule has 25 heavy (non-hydrogen) atoms. The number of rotatable bonds is 6. The van der Waals surface area contributed by atoms with E-state index in [9.17, 15) is 14.4 Å². The molecule has 1 amide bonds. The maximum atomic E-state index is 12.6. The van der Waals surface area contributed by atoms with E-state index in [2.05, 4.69) is 15.0 Å². The van der Waals surface area contributed by atoms with Gasteiger partial charge < -0.3 is 14.8 Å². The summed E-state index contributed by atoms with van der Waals surface area (Å²) in [5.41, 5.74) is 1.07. The van der Waals surface area contributed by atoms with Gasteiger partial charge in [-0.1, -0.05) is 25.1 Å². The molecular formula is C18H20N2O5. The molecule has 2 rings (SSSR count). The van der Waals surface area contributed by atoms with Crippen molar-refractivity contribution < 1.29 is 23.9 Å². The first kappa shape index (κ1) is 18.4. The van der Waals surface area contributed by atoms with Crippen LogP contribution in [0.15, 0.2) is 36.5 Å². The maximum absolute atomic E-state index is 12.6. The van der Waals surface area contributed by atoms with Gasteiger partial charge in [-0.05, 0) is 18.6 Å². The van der Waals surface area contributed by atoms with Crippen LogP contribution in [0.4, 0.5) is 0 Å². The molecule has 2 aromatic rings. The van der Waals surface area contributed by atoms with Gasteiger partial charge in [0.25, 0.3) is 5.91 Å². The number of aromatic nitrogens is 1. The molecule has 1 aromatic heterocycles. The predicted molar refractivity (Wildman–Crippen MR) is 90.8 cm³/mol. The highest BCUT2D eigenvalue weighted by molar-refractivity contribution is 6.07. The van der Waals surface area contributed by atoms with Gasteiger partial charge in [0.2, 0.25) is 0 Å². The summed E-state index contributed by atoms with van der Waals surface area (Å²) in [6.45, 7) is 1.62. The Kier molecular flexibility index (Phi) is 6.05. The largest absolute Gasteiger partial charge is 0.469 e. The molecule has 1 aromatic carbocycles. The van der Waals surface area contributed by atoms with E-state index in [4.69, 9.17) is 4.74 Å². The fourth-order valence-corrected chi connectivity index (χ4v) is 2.54. The van der Waals surface area contributed by atoms with Crippen molar-refractivity contribution in [3.63, 3.8) is 0 Å². The average molecular weight is 344 g/mol. The fourth-order valence-electron chi connectivity index (χ4n) is 2.54. The van der Waals surface area contributed by atoms with Crippen molar-refractivity contribution in [2.24, 2.45) is 5.92 Å². The number of nitrogens with zero attached hydrogens (tertiary/aromatic N) is 1. The number of esters is 2. The number of nitrogens with one attached hydrogen (secondary N) is 1. The molecule has 132 valence electrons. The van der Waals surface area contributed by atoms with Crippen molar-refractivity contribution in [3.05, 3.63) is 42.1 Å². The Morgan fingerprint density at radius 3 is 2.44 bits per heavy atom. The minimum atomic E-state index is -0.960. The van der Waals surface area contributed by atoms with Gasteiger partial charge in [-0.2, -0.15) is 0 Å². The minimum Gasteiger partial charge on any atom is -0.469 e. The summed E-state index contributed by atoms with van der Waals surface area (Å²) in [5, 5.41) is 3.31. The SMILES string of the molecule is COC(=O)[C@H](C[C@H](C)C(=O)OC)NC(=O)c1ccnc2ccccc12. The van der Waals surface area contributed by atoms with Crippen LogP contribution >= 0.6 is 0 Å². The molecule has 2 atom stereocenters. The molecule has 0 aliphatic carbocycles. The first-order valence-corrected chi connectivity index (χ1v) is 7.78. The Morgan fingerprint density at radius 2 is 1.76 bits per heavy atom. The molecule has 1 N–H and O–H groups in total. The van der Waals surface area contributed by atoms with Crippen molar-refractivity contribution in [1.29, 1.82) is 0 Å². The molecule has 7 heteroatoms. The van der Waals surface area contributed by atoms with Crippen LogP contribution in [0.3, 0.4) is 0 Å². The van der Waals surface area contributed by atoms with Crippen LogP contribution in [0, 0.1) is 5.92 Å². The highest BCUT2D eigenvalue weighted by atomic mass is 16.5. The van der Waals surface area contributed by atoms with Gasteiger partial charge in [0.05, 0.1) is 31.2 Å². The molecule has 0 spiro atoms. The zero-order chi connectivity index (χ0) is 18.4. The van der Waals surface area contributed by atoms with Crippen molar-refractivity contribution in [3.8, 4) is 0 Å². The first-order chi connectivity index (χ1) is 12.0. The van der Waals surface area contributed by atoms with Gasteiger partial charge in [0, 0.05) is 11.6 Å². The summed E-state index contributed by atoms with van der Waals surface area (Å²) in [6, 6.07) is 7.82. The van der Waals surface area contributed by atoms with Crippen LogP contribution in [0.1, 0.15) is 23.7 Å². The molecule has 0 aliphatic heterocycles. The fraction of sp³-hybridized carbons (Fsp3) is 0.333. The summed E-state index contributed by atoms with van der Waals surface area (Å²) in [5.74, 6) is -2.09. The zero-order valence-electron chi connectivity index (χ0n) is 14.3. The number of hydrogen-bond acceptors (Lipinski definition) is 6. The Morgan fingerprint density at radius 1 is 1.08 bits per heavy atom. The van der Waals surface area contributed by atoms with E-state index >= 15 is 0 Å². The molecule has 0 saturated heterocycles. The summed E-state index contributed by atoms with van der Waals surface area (Å²) in [7, 11) is 2.50. The van der Waals surface area contributed by atoms with E-state index in [-0.39, 0.29) is 6.42 Å². The molecule has 7 nitrogen and oxygen atoms in total. The first-order valence-electron chi connectivity index (χ1n) is 7.78. The van der Waals surface area contributed by atoms with E-state index < -0.39 is 29.8 Å². The smallest absolute Gasteiger partial charge is 0.328 e. The molecule has 0 radical (unpaired) electrons. The predicted octanol–water partition coefficient (Wildman–Crippen LogP) is 1.71. The number of para-hydroxylation sites is 1. The Balaban J connectivity index is 2.24. The van der Waals surface area contributed by atoms with Crippen molar-refractivity contribution in [1.82, 2.24) is 10.3 Å². The van der Waals surface area contributed by atoms with Gasteiger partial charge in [0.1, 0.15) is 6.04 Å². The van der Waals surface area contributed by atoms with Gasteiger partial charge in [-0.3, -0.25) is 14.6 Å². The highest BCUT2D eigenvalue weighted by Crippen LogP contribution is 2.17. The number of amides is 1. The Labute approximate surface area is 145 Å². The van der Waals surface area contributed by atoms with Crippen molar-refractivity contribution in [2.45, 2.75) is 19.4 Å². The van der Waals surface area contributed by atoms with Gasteiger partial charge in [-0.25, -0.2) is 4.79 Å². The summed E-state index contributed by atoms with van der Waals surface area (Å²) >= 11 is 0. The molecule has 0 unspecified atom stereocenters. The second-order valence-corrected chi connectivity index (χ2v) is 5.58. The van der Waals surface area contributed by atoms with Crippen LogP contribution in [-0.4, -0.2) is 43.1 Å². The minimum absolute atomic E-state index is 0.0775. The monoisotopic (exact) mass is 344 g/mol. The molecule has 0 aliphatic rings. The van der Waals surface area contributed by atoms with Crippen LogP contribution in [-0.2, 0) is 19.1 Å². The van der Waals surface area contributed by atoms with E-state index in [0.29, 0.717) is 16.5 Å². The third-order valence-corrected chi connectivity index (χ3v) is 3.88. The van der Waals surface area contributed by atoms with Crippen LogP contribution < -0.4 is 5.32 Å². The Hall–Kier alpha value is -2.96. The zero-order valence-corrected chi connectivity index (χ0v) is 14.3. The van der Waals surface area contributed by atoms with E-state index in [1.807, 2.05) is 6.07 Å². The molecule has 1 heterocycles. The molecule has 0 saturated carbocycles. The van der Waals surface area contributed by atoms with E-state index in [1.54, 1.807) is 31.2 Å². The lowest BCUT2D eigenvalue weighted by Crippen LogP contribution is -2.43. The summed E-state index contributed by atoms with van der Waals surface area (Å²) < 4.78 is 9.39. The quantitative estimate of drug-likeness (QED) is 0.802. The van der Waals surface area contributed by atoms with Gasteiger partial charge in [0.15, 0.2) is 0 Å². The second-order valence-electron chi connectivity index (χ2n) is 5.58. The second kappa shape index (κ2) is 8.23. The third kappa shape index (κ3) is 4.32. The summed E-state index contributed by atoms with van der Waals surface area (Å²) in [6.07, 6.45) is 1.61. The van der Waals surface area contributed by atoms with Gasteiger partial charge >= 0.3 is 11.9 Å². The number of benzene rings is 1. The van der Waals surface area contributed by atoms with Crippen LogP contribution in [0.2, 0.25) is 0 Å². The number of fused-ring (bicyclic) bond motifs is 1. The number of carbonyl (C=O) groups excluding carboxylic acids is 3. The number of methoxy groups -OCH3 is 2. The Bertz CT molecular complexity index is 785. The number of ether oxygens (including phenoxy) is 2. The van der Waals surface area contributed by atoms with E-state index in [1.165, 1.54) is 20.4 Å². The highest BCUT2D eigenvalue weighted by Gasteiger charge is 2.28. The van der Waals surface area contributed by atoms with Crippen molar-refractivity contribution >= 4 is 28.7 Å². The topological polar surface area (TPSA) is 94.6 Å². The lowest BCUT2D eigenvalue weighted by Gasteiger charge is -2.19.